The lowest BCUT2D eigenvalue weighted by Gasteiger charge is -2.19. The van der Waals surface area contributed by atoms with Crippen LogP contribution in [-0.2, 0) is 19.1 Å². The second kappa shape index (κ2) is 5.53. The maximum atomic E-state index is 13.1. The number of rotatable bonds is 2. The molecule has 0 saturated heterocycles. The molecule has 0 fully saturated rings. The van der Waals surface area contributed by atoms with Gasteiger partial charge in [-0.05, 0) is 31.2 Å². The molecule has 1 N–H and O–H groups in total. The van der Waals surface area contributed by atoms with Gasteiger partial charge in [-0.1, -0.05) is 0 Å². The number of aromatic nitrogens is 2. The van der Waals surface area contributed by atoms with Crippen molar-refractivity contribution in [1.82, 2.24) is 15.3 Å². The van der Waals surface area contributed by atoms with Gasteiger partial charge in [-0.25, -0.2) is 14.4 Å². The highest BCUT2D eigenvalue weighted by Gasteiger charge is 2.35. The van der Waals surface area contributed by atoms with Gasteiger partial charge in [-0.15, -0.1) is 0 Å². The van der Waals surface area contributed by atoms with E-state index in [1.807, 2.05) is 0 Å². The number of hydrogen-bond donors (Lipinski definition) is 1. The number of halogens is 4. The zero-order valence-electron chi connectivity index (χ0n) is 11.2. The average molecular weight is 313 g/mol. The van der Waals surface area contributed by atoms with Crippen LogP contribution in [0, 0.1) is 5.82 Å². The fourth-order valence-electron chi connectivity index (χ4n) is 2.26. The molecule has 0 amide bonds. The van der Waals surface area contributed by atoms with Gasteiger partial charge in [-0.3, -0.25) is 0 Å². The second-order valence-corrected chi connectivity index (χ2v) is 4.77. The minimum atomic E-state index is -4.72. The van der Waals surface area contributed by atoms with Crippen LogP contribution in [0.5, 0.6) is 11.6 Å². The van der Waals surface area contributed by atoms with E-state index >= 15 is 0 Å². The van der Waals surface area contributed by atoms with Crippen molar-refractivity contribution in [3.8, 4) is 11.6 Å². The standard InChI is InChI=1S/C14H11F4N3O/c15-8-1-2-12(10(5-8)14(16,17)18)22-13-9-3-4-19-6-11(9)20-7-21-13/h1-2,5,7,19H,3-4,6H2. The van der Waals surface area contributed by atoms with Crippen LogP contribution in [-0.4, -0.2) is 16.5 Å². The number of alkyl halides is 3. The van der Waals surface area contributed by atoms with Crippen LogP contribution >= 0.6 is 0 Å². The normalized spacial score (nSPS) is 14.5. The Labute approximate surface area is 123 Å². The highest BCUT2D eigenvalue weighted by Crippen LogP contribution is 2.39. The van der Waals surface area contributed by atoms with Crippen LogP contribution in [0.1, 0.15) is 16.8 Å². The number of nitrogens with zero attached hydrogens (tertiary/aromatic N) is 2. The molecule has 0 radical (unpaired) electrons. The molecule has 4 nitrogen and oxygen atoms in total. The third-order valence-electron chi connectivity index (χ3n) is 3.29. The Bertz CT molecular complexity index is 703. The number of hydrogen-bond acceptors (Lipinski definition) is 4. The van der Waals surface area contributed by atoms with E-state index in [4.69, 9.17) is 4.74 Å². The Morgan fingerprint density at radius 2 is 2.00 bits per heavy atom. The molecular formula is C14H11F4N3O. The molecule has 0 bridgehead atoms. The van der Waals surface area contributed by atoms with E-state index in [-0.39, 0.29) is 5.88 Å². The minimum absolute atomic E-state index is 0.0728. The van der Waals surface area contributed by atoms with Gasteiger partial charge in [0.15, 0.2) is 0 Å². The fraction of sp³-hybridized carbons (Fsp3) is 0.286. The second-order valence-electron chi connectivity index (χ2n) is 4.77. The Hall–Kier alpha value is -2.22. The average Bonchev–Trinajstić information content (AvgIpc) is 2.48. The molecule has 1 aromatic heterocycles. The third-order valence-corrected chi connectivity index (χ3v) is 3.29. The van der Waals surface area contributed by atoms with Crippen LogP contribution in [0.2, 0.25) is 0 Å². The van der Waals surface area contributed by atoms with Crippen molar-refractivity contribution in [2.24, 2.45) is 0 Å². The van der Waals surface area contributed by atoms with Gasteiger partial charge in [-0.2, -0.15) is 13.2 Å². The Morgan fingerprint density at radius 3 is 2.77 bits per heavy atom. The molecule has 1 aliphatic rings. The summed E-state index contributed by atoms with van der Waals surface area (Å²) in [6.45, 7) is 1.16. The van der Waals surface area contributed by atoms with E-state index in [2.05, 4.69) is 15.3 Å². The predicted octanol–water partition coefficient (Wildman–Crippen LogP) is 3.07. The zero-order chi connectivity index (χ0) is 15.7. The minimum Gasteiger partial charge on any atom is -0.438 e. The molecule has 0 spiro atoms. The highest BCUT2D eigenvalue weighted by atomic mass is 19.4. The molecule has 0 unspecified atom stereocenters. The van der Waals surface area contributed by atoms with Gasteiger partial charge in [0, 0.05) is 12.1 Å². The molecule has 116 valence electrons. The van der Waals surface area contributed by atoms with Gasteiger partial charge >= 0.3 is 6.18 Å². The molecule has 0 atom stereocenters. The quantitative estimate of drug-likeness (QED) is 0.866. The smallest absolute Gasteiger partial charge is 0.420 e. The topological polar surface area (TPSA) is 47.0 Å². The molecule has 1 aromatic carbocycles. The Kier molecular flexibility index (Phi) is 3.69. The maximum Gasteiger partial charge on any atom is 0.420 e. The molecule has 3 rings (SSSR count). The van der Waals surface area contributed by atoms with Crippen molar-refractivity contribution in [1.29, 1.82) is 0 Å². The van der Waals surface area contributed by atoms with E-state index in [0.29, 0.717) is 36.8 Å². The Morgan fingerprint density at radius 1 is 1.18 bits per heavy atom. The summed E-state index contributed by atoms with van der Waals surface area (Å²) in [6, 6.07) is 2.28. The summed E-state index contributed by atoms with van der Waals surface area (Å²) in [5.74, 6) is -1.38. The summed E-state index contributed by atoms with van der Waals surface area (Å²) in [5.41, 5.74) is 0.180. The van der Waals surface area contributed by atoms with Crippen LogP contribution in [0.4, 0.5) is 17.6 Å². The first kappa shape index (κ1) is 14.7. The highest BCUT2D eigenvalue weighted by molar-refractivity contribution is 5.41. The van der Waals surface area contributed by atoms with E-state index in [1.165, 1.54) is 6.33 Å². The summed E-state index contributed by atoms with van der Waals surface area (Å²) in [5, 5.41) is 3.10. The molecule has 1 aliphatic heterocycles. The first-order chi connectivity index (χ1) is 10.4. The lowest BCUT2D eigenvalue weighted by atomic mass is 10.1. The van der Waals surface area contributed by atoms with Gasteiger partial charge in [0.2, 0.25) is 5.88 Å². The third kappa shape index (κ3) is 2.87. The van der Waals surface area contributed by atoms with Gasteiger partial charge in [0.05, 0.1) is 5.69 Å². The predicted molar refractivity (Wildman–Crippen MR) is 68.9 cm³/mol. The van der Waals surface area contributed by atoms with Crippen LogP contribution in [0.15, 0.2) is 24.5 Å². The lowest BCUT2D eigenvalue weighted by molar-refractivity contribution is -0.138. The van der Waals surface area contributed by atoms with Crippen LogP contribution in [0.25, 0.3) is 0 Å². The van der Waals surface area contributed by atoms with Crippen molar-refractivity contribution < 1.29 is 22.3 Å². The SMILES string of the molecule is Fc1ccc(Oc2ncnc3c2CCNC3)c(C(F)(F)F)c1. The molecule has 2 heterocycles. The van der Waals surface area contributed by atoms with E-state index < -0.39 is 23.3 Å². The largest absolute Gasteiger partial charge is 0.438 e. The molecular weight excluding hydrogens is 302 g/mol. The van der Waals surface area contributed by atoms with E-state index in [0.717, 1.165) is 12.1 Å². The van der Waals surface area contributed by atoms with Crippen molar-refractivity contribution in [2.45, 2.75) is 19.1 Å². The molecule has 0 saturated carbocycles. The first-order valence-electron chi connectivity index (χ1n) is 6.53. The lowest BCUT2D eigenvalue weighted by Crippen LogP contribution is -2.25. The maximum absolute atomic E-state index is 13.1. The molecule has 8 heteroatoms. The number of benzene rings is 1. The number of ether oxygens (including phenoxy) is 1. The van der Waals surface area contributed by atoms with Crippen LogP contribution in [0.3, 0.4) is 0 Å². The summed E-state index contributed by atoms with van der Waals surface area (Å²) in [6.07, 6.45) is -2.93. The van der Waals surface area contributed by atoms with Gasteiger partial charge < -0.3 is 10.1 Å². The first-order valence-corrected chi connectivity index (χ1v) is 6.53. The Balaban J connectivity index is 2.01. The summed E-state index contributed by atoms with van der Waals surface area (Å²) in [4.78, 5) is 7.98. The summed E-state index contributed by atoms with van der Waals surface area (Å²) >= 11 is 0. The van der Waals surface area contributed by atoms with Crippen molar-refractivity contribution >= 4 is 0 Å². The van der Waals surface area contributed by atoms with Crippen molar-refractivity contribution in [3.05, 3.63) is 47.2 Å². The molecule has 22 heavy (non-hydrogen) atoms. The molecule has 2 aromatic rings. The summed E-state index contributed by atoms with van der Waals surface area (Å²) < 4.78 is 57.4. The van der Waals surface area contributed by atoms with E-state index in [9.17, 15) is 17.6 Å². The van der Waals surface area contributed by atoms with Gasteiger partial charge in [0.25, 0.3) is 0 Å². The van der Waals surface area contributed by atoms with Crippen molar-refractivity contribution in [3.63, 3.8) is 0 Å². The number of fused-ring (bicyclic) bond motifs is 1. The van der Waals surface area contributed by atoms with E-state index in [1.54, 1.807) is 0 Å². The van der Waals surface area contributed by atoms with Gasteiger partial charge in [0.1, 0.15) is 23.5 Å². The number of nitrogens with one attached hydrogen (secondary N) is 1. The zero-order valence-corrected chi connectivity index (χ0v) is 11.2. The van der Waals surface area contributed by atoms with Crippen LogP contribution < -0.4 is 10.1 Å². The summed E-state index contributed by atoms with van der Waals surface area (Å²) in [7, 11) is 0. The fourth-order valence-corrected chi connectivity index (χ4v) is 2.26. The molecule has 0 aliphatic carbocycles. The van der Waals surface area contributed by atoms with Crippen molar-refractivity contribution in [2.75, 3.05) is 6.54 Å². The monoisotopic (exact) mass is 313 g/mol.